The maximum atomic E-state index is 13.1. The Labute approximate surface area is 223 Å². The average molecular weight is 551 g/mol. The van der Waals surface area contributed by atoms with Crippen molar-refractivity contribution in [1.82, 2.24) is 0 Å². The molecule has 206 valence electrons. The van der Waals surface area contributed by atoms with E-state index in [1.807, 2.05) is 44.2 Å². The maximum absolute atomic E-state index is 13.1. The third-order valence-electron chi connectivity index (χ3n) is 6.60. The fourth-order valence-electron chi connectivity index (χ4n) is 4.20. The van der Waals surface area contributed by atoms with Gasteiger partial charge in [-0.05, 0) is 54.5 Å². The van der Waals surface area contributed by atoms with Crippen LogP contribution in [0.1, 0.15) is 76.5 Å². The van der Waals surface area contributed by atoms with E-state index in [1.165, 1.54) is 34.0 Å². The summed E-state index contributed by atoms with van der Waals surface area (Å²) in [6.45, 7) is 17.4. The SMILES string of the molecule is C=C(C)c1ccc(C)cc1-c1c(OP(C)(=O)OC)cc(C(C)(C)CCCCCC)cc1OP(C)(=O)OC. The first-order chi connectivity index (χ1) is 17.2. The molecule has 0 amide bonds. The molecule has 0 saturated heterocycles. The standard InChI is InChI=1S/C29H44O6P2/c1-11-12-13-14-17-29(5,6)23-19-26(34-36(9,30)32-7)28(27(20-23)35-37(10,31)33-8)25-18-22(4)15-16-24(25)21(2)3/h15-16,18-20H,2,11-14,17H2,1,3-10H3. The lowest BCUT2D eigenvalue weighted by atomic mass is 9.79. The van der Waals surface area contributed by atoms with Crippen LogP contribution in [0.2, 0.25) is 0 Å². The Morgan fingerprint density at radius 2 is 1.46 bits per heavy atom. The molecule has 2 rings (SSSR count). The zero-order valence-corrected chi connectivity index (χ0v) is 25.8. The monoisotopic (exact) mass is 550 g/mol. The first-order valence-corrected chi connectivity index (χ1v) is 16.8. The minimum atomic E-state index is -3.45. The molecule has 0 fully saturated rings. The van der Waals surface area contributed by atoms with Gasteiger partial charge in [0.25, 0.3) is 0 Å². The Kier molecular flexibility index (Phi) is 10.9. The molecule has 37 heavy (non-hydrogen) atoms. The van der Waals surface area contributed by atoms with Crippen LogP contribution in [0.5, 0.6) is 11.5 Å². The van der Waals surface area contributed by atoms with Gasteiger partial charge in [0.2, 0.25) is 0 Å². The van der Waals surface area contributed by atoms with Crippen LogP contribution in [-0.2, 0) is 23.6 Å². The summed E-state index contributed by atoms with van der Waals surface area (Å²) in [6.07, 6.45) is 5.51. The van der Waals surface area contributed by atoms with E-state index in [9.17, 15) is 9.13 Å². The number of allylic oxidation sites excluding steroid dienone is 1. The van der Waals surface area contributed by atoms with E-state index in [4.69, 9.17) is 18.1 Å². The van der Waals surface area contributed by atoms with Crippen LogP contribution in [0.15, 0.2) is 36.9 Å². The molecule has 0 aliphatic rings. The summed E-state index contributed by atoms with van der Waals surface area (Å²) in [5.74, 6) is 0.678. The maximum Gasteiger partial charge on any atom is 0.375 e. The van der Waals surface area contributed by atoms with Gasteiger partial charge in [0.05, 0.1) is 5.56 Å². The Bertz CT molecular complexity index is 1150. The van der Waals surface area contributed by atoms with Crippen molar-refractivity contribution in [3.05, 3.63) is 53.6 Å². The molecule has 0 aromatic heterocycles. The van der Waals surface area contributed by atoms with E-state index in [2.05, 4.69) is 27.4 Å². The van der Waals surface area contributed by atoms with E-state index in [1.54, 1.807) is 0 Å². The highest BCUT2D eigenvalue weighted by Crippen LogP contribution is 2.55. The van der Waals surface area contributed by atoms with Crippen molar-refractivity contribution in [3.8, 4) is 22.6 Å². The van der Waals surface area contributed by atoms with Crippen molar-refractivity contribution in [2.45, 2.75) is 72.1 Å². The molecule has 2 aromatic carbocycles. The van der Waals surface area contributed by atoms with Crippen LogP contribution >= 0.6 is 15.2 Å². The molecule has 2 unspecified atom stereocenters. The molecule has 0 aliphatic heterocycles. The number of hydrogen-bond acceptors (Lipinski definition) is 6. The molecule has 2 aromatic rings. The summed E-state index contributed by atoms with van der Waals surface area (Å²) < 4.78 is 48.8. The van der Waals surface area contributed by atoms with Gasteiger partial charge >= 0.3 is 15.2 Å². The van der Waals surface area contributed by atoms with Crippen molar-refractivity contribution in [1.29, 1.82) is 0 Å². The quantitative estimate of drug-likeness (QED) is 0.172. The number of aryl methyl sites for hydroxylation is 1. The Morgan fingerprint density at radius 1 is 0.919 bits per heavy atom. The molecule has 0 saturated carbocycles. The molecule has 0 bridgehead atoms. The molecular formula is C29H44O6P2. The van der Waals surface area contributed by atoms with E-state index in [-0.39, 0.29) is 5.41 Å². The second-order valence-electron chi connectivity index (χ2n) is 10.5. The van der Waals surface area contributed by atoms with Gasteiger partial charge in [0.1, 0.15) is 11.5 Å². The van der Waals surface area contributed by atoms with Crippen molar-refractivity contribution >= 4 is 20.8 Å². The zero-order chi connectivity index (χ0) is 28.0. The summed E-state index contributed by atoms with van der Waals surface area (Å²) >= 11 is 0. The fraction of sp³-hybridized carbons (Fsp3) is 0.517. The molecule has 0 spiro atoms. The minimum Gasteiger partial charge on any atom is -0.424 e. The van der Waals surface area contributed by atoms with Crippen LogP contribution in [0.25, 0.3) is 16.7 Å². The van der Waals surface area contributed by atoms with Gasteiger partial charge in [-0.2, -0.15) is 0 Å². The van der Waals surface area contributed by atoms with Crippen LogP contribution in [-0.4, -0.2) is 27.5 Å². The van der Waals surface area contributed by atoms with E-state index in [0.717, 1.165) is 53.5 Å². The third kappa shape index (κ3) is 8.58. The molecule has 0 heterocycles. The Hall–Kier alpha value is -1.84. The molecule has 0 aliphatic carbocycles. The topological polar surface area (TPSA) is 71.1 Å². The lowest BCUT2D eigenvalue weighted by Gasteiger charge is -2.29. The van der Waals surface area contributed by atoms with Crippen molar-refractivity contribution in [2.75, 3.05) is 27.5 Å². The molecule has 8 heteroatoms. The van der Waals surface area contributed by atoms with Gasteiger partial charge in [-0.1, -0.05) is 82.4 Å². The van der Waals surface area contributed by atoms with Crippen molar-refractivity contribution < 1.29 is 27.2 Å². The van der Waals surface area contributed by atoms with E-state index >= 15 is 0 Å². The summed E-state index contributed by atoms with van der Waals surface area (Å²) in [7, 11) is -4.19. The van der Waals surface area contributed by atoms with Gasteiger partial charge in [-0.25, -0.2) is 9.13 Å². The average Bonchev–Trinajstić information content (AvgIpc) is 2.81. The highest BCUT2D eigenvalue weighted by atomic mass is 31.2. The van der Waals surface area contributed by atoms with Gasteiger partial charge < -0.3 is 18.1 Å². The van der Waals surface area contributed by atoms with E-state index < -0.39 is 15.2 Å². The summed E-state index contributed by atoms with van der Waals surface area (Å²) in [6, 6.07) is 9.80. The lowest BCUT2D eigenvalue weighted by Crippen LogP contribution is -2.18. The molecule has 6 nitrogen and oxygen atoms in total. The predicted molar refractivity (Wildman–Crippen MR) is 155 cm³/mol. The highest BCUT2D eigenvalue weighted by molar-refractivity contribution is 7.53. The number of unbranched alkanes of at least 4 members (excludes halogenated alkanes) is 3. The van der Waals surface area contributed by atoms with Crippen LogP contribution in [0, 0.1) is 6.92 Å². The first kappa shape index (κ1) is 31.4. The molecule has 0 radical (unpaired) electrons. The van der Waals surface area contributed by atoms with Gasteiger partial charge in [-0.15, -0.1) is 0 Å². The first-order valence-electron chi connectivity index (χ1n) is 12.8. The molecular weight excluding hydrogens is 506 g/mol. The second-order valence-corrected chi connectivity index (χ2v) is 14.6. The third-order valence-corrected chi connectivity index (χ3v) is 8.98. The van der Waals surface area contributed by atoms with E-state index in [0.29, 0.717) is 17.1 Å². The predicted octanol–water partition coefficient (Wildman–Crippen LogP) is 9.64. The van der Waals surface area contributed by atoms with Gasteiger partial charge in [0, 0.05) is 27.5 Å². The normalized spacial score (nSPS) is 15.1. The summed E-state index contributed by atoms with van der Waals surface area (Å²) in [5.41, 5.74) is 4.71. The largest absolute Gasteiger partial charge is 0.424 e. The van der Waals surface area contributed by atoms with Crippen molar-refractivity contribution in [2.24, 2.45) is 0 Å². The van der Waals surface area contributed by atoms with Gasteiger partial charge in [-0.3, -0.25) is 0 Å². The second kappa shape index (κ2) is 12.8. The lowest BCUT2D eigenvalue weighted by molar-refractivity contribution is 0.324. The number of benzene rings is 2. The van der Waals surface area contributed by atoms with Crippen LogP contribution < -0.4 is 9.05 Å². The molecule has 0 N–H and O–H groups in total. The Balaban J connectivity index is 2.91. The Morgan fingerprint density at radius 3 is 1.92 bits per heavy atom. The highest BCUT2D eigenvalue weighted by Gasteiger charge is 2.31. The van der Waals surface area contributed by atoms with Gasteiger partial charge in [0.15, 0.2) is 0 Å². The van der Waals surface area contributed by atoms with Crippen molar-refractivity contribution in [3.63, 3.8) is 0 Å². The summed E-state index contributed by atoms with van der Waals surface area (Å²) in [5, 5.41) is 0. The summed E-state index contributed by atoms with van der Waals surface area (Å²) in [4.78, 5) is 0. The minimum absolute atomic E-state index is 0.248. The van der Waals surface area contributed by atoms with Crippen LogP contribution in [0.3, 0.4) is 0 Å². The molecule has 2 atom stereocenters. The number of hydrogen-bond donors (Lipinski definition) is 0. The fourth-order valence-corrected chi connectivity index (χ4v) is 5.35. The van der Waals surface area contributed by atoms with Crippen LogP contribution in [0.4, 0.5) is 0 Å². The zero-order valence-electron chi connectivity index (χ0n) is 24.0. The smallest absolute Gasteiger partial charge is 0.375 e. The number of rotatable bonds is 14.